The summed E-state index contributed by atoms with van der Waals surface area (Å²) < 4.78 is 1.75. The third-order valence-corrected chi connectivity index (χ3v) is 2.73. The van der Waals surface area contributed by atoms with Crippen molar-refractivity contribution >= 4 is 5.65 Å². The van der Waals surface area contributed by atoms with Gasteiger partial charge in [0.25, 0.3) is 0 Å². The van der Waals surface area contributed by atoms with Gasteiger partial charge < -0.3 is 0 Å². The zero-order valence-corrected chi connectivity index (χ0v) is 9.83. The fraction of sp³-hybridized carbons (Fsp3) is 0.0714. The molecule has 4 heteroatoms. The van der Waals surface area contributed by atoms with E-state index >= 15 is 0 Å². The van der Waals surface area contributed by atoms with E-state index in [-0.39, 0.29) is 0 Å². The molecule has 2 heterocycles. The van der Waals surface area contributed by atoms with Gasteiger partial charge in [-0.15, -0.1) is 0 Å². The van der Waals surface area contributed by atoms with Gasteiger partial charge in [-0.25, -0.2) is 9.50 Å². The molecule has 0 aliphatic carbocycles. The van der Waals surface area contributed by atoms with Gasteiger partial charge in [-0.1, -0.05) is 12.1 Å². The summed E-state index contributed by atoms with van der Waals surface area (Å²) in [7, 11) is 0. The highest BCUT2D eigenvalue weighted by Crippen LogP contribution is 2.18. The Balaban J connectivity index is 2.16. The summed E-state index contributed by atoms with van der Waals surface area (Å²) in [5.74, 6) is 0. The van der Waals surface area contributed by atoms with Crippen LogP contribution in [0.3, 0.4) is 0 Å². The average Bonchev–Trinajstić information content (AvgIpc) is 2.77. The minimum absolute atomic E-state index is 0.635. The highest BCUT2D eigenvalue weighted by Gasteiger charge is 2.04. The van der Waals surface area contributed by atoms with Gasteiger partial charge in [0, 0.05) is 5.56 Å². The zero-order chi connectivity index (χ0) is 12.5. The van der Waals surface area contributed by atoms with Crippen LogP contribution in [-0.2, 0) is 0 Å². The molecule has 0 fully saturated rings. The van der Waals surface area contributed by atoms with E-state index in [1.54, 1.807) is 10.6 Å². The van der Waals surface area contributed by atoms with Crippen molar-refractivity contribution in [1.29, 1.82) is 5.26 Å². The maximum Gasteiger partial charge on any atom is 0.153 e. The molecule has 0 saturated heterocycles. The Morgan fingerprint density at radius 3 is 2.94 bits per heavy atom. The molecule has 3 aromatic rings. The van der Waals surface area contributed by atoms with Crippen molar-refractivity contribution in [2.24, 2.45) is 0 Å². The number of aryl methyl sites for hydroxylation is 1. The molecule has 0 amide bonds. The molecule has 86 valence electrons. The number of benzene rings is 1. The van der Waals surface area contributed by atoms with Gasteiger partial charge in [-0.2, -0.15) is 10.4 Å². The van der Waals surface area contributed by atoms with Crippen molar-refractivity contribution in [3.8, 4) is 17.3 Å². The summed E-state index contributed by atoms with van der Waals surface area (Å²) in [4.78, 5) is 4.33. The highest BCUT2D eigenvalue weighted by atomic mass is 15.2. The van der Waals surface area contributed by atoms with Gasteiger partial charge in [0.05, 0.1) is 29.2 Å². The molecule has 0 N–H and O–H groups in total. The molecule has 4 nitrogen and oxygen atoms in total. The summed E-state index contributed by atoms with van der Waals surface area (Å²) in [6.07, 6.45) is 1.88. The van der Waals surface area contributed by atoms with Crippen molar-refractivity contribution in [3.05, 3.63) is 53.9 Å². The van der Waals surface area contributed by atoms with Gasteiger partial charge >= 0.3 is 0 Å². The lowest BCUT2D eigenvalue weighted by atomic mass is 10.1. The van der Waals surface area contributed by atoms with Crippen LogP contribution in [-0.4, -0.2) is 14.6 Å². The molecule has 3 rings (SSSR count). The normalized spacial score (nSPS) is 10.4. The first kappa shape index (κ1) is 10.5. The van der Waals surface area contributed by atoms with Crippen molar-refractivity contribution in [2.75, 3.05) is 0 Å². The number of aromatic nitrogens is 3. The van der Waals surface area contributed by atoms with Crippen LogP contribution < -0.4 is 0 Å². The van der Waals surface area contributed by atoms with Crippen LogP contribution in [0.5, 0.6) is 0 Å². The Morgan fingerprint density at radius 2 is 2.11 bits per heavy atom. The number of nitrogens with zero attached hydrogens (tertiary/aromatic N) is 4. The second-order valence-corrected chi connectivity index (χ2v) is 4.10. The molecule has 0 aliphatic rings. The molecule has 0 atom stereocenters. The molecule has 18 heavy (non-hydrogen) atoms. The highest BCUT2D eigenvalue weighted by molar-refractivity contribution is 5.62. The summed E-state index contributed by atoms with van der Waals surface area (Å²) in [6.45, 7) is 1.94. The minimum atomic E-state index is 0.635. The number of hydrogen-bond acceptors (Lipinski definition) is 3. The Labute approximate surface area is 104 Å². The van der Waals surface area contributed by atoms with E-state index in [0.717, 1.165) is 22.6 Å². The Kier molecular flexibility index (Phi) is 2.31. The number of imidazole rings is 1. The lowest BCUT2D eigenvalue weighted by Crippen LogP contribution is -1.93. The van der Waals surface area contributed by atoms with Crippen molar-refractivity contribution < 1.29 is 0 Å². The molecule has 0 spiro atoms. The third-order valence-electron chi connectivity index (χ3n) is 2.73. The molecular weight excluding hydrogens is 224 g/mol. The summed E-state index contributed by atoms with van der Waals surface area (Å²) in [6, 6.07) is 13.4. The quantitative estimate of drug-likeness (QED) is 0.650. The van der Waals surface area contributed by atoms with E-state index in [1.165, 1.54) is 0 Å². The van der Waals surface area contributed by atoms with Gasteiger partial charge in [0.1, 0.15) is 0 Å². The van der Waals surface area contributed by atoms with Gasteiger partial charge in [-0.3, -0.25) is 0 Å². The fourth-order valence-corrected chi connectivity index (χ4v) is 1.90. The van der Waals surface area contributed by atoms with Crippen LogP contribution in [0, 0.1) is 18.3 Å². The first-order chi connectivity index (χ1) is 8.76. The van der Waals surface area contributed by atoms with Crippen molar-refractivity contribution in [2.45, 2.75) is 6.92 Å². The third kappa shape index (κ3) is 1.72. The first-order valence-electron chi connectivity index (χ1n) is 5.60. The van der Waals surface area contributed by atoms with E-state index in [9.17, 15) is 0 Å². The largest absolute Gasteiger partial charge is 0.232 e. The lowest BCUT2D eigenvalue weighted by molar-refractivity contribution is 0.941. The maximum atomic E-state index is 8.90. The van der Waals surface area contributed by atoms with E-state index < -0.39 is 0 Å². The van der Waals surface area contributed by atoms with E-state index in [4.69, 9.17) is 5.26 Å². The van der Waals surface area contributed by atoms with Crippen LogP contribution in [0.2, 0.25) is 0 Å². The van der Waals surface area contributed by atoms with Crippen LogP contribution in [0.15, 0.2) is 42.6 Å². The van der Waals surface area contributed by atoms with Gasteiger partial charge in [-0.05, 0) is 31.2 Å². The predicted molar refractivity (Wildman–Crippen MR) is 67.9 cm³/mol. The molecular formula is C14H10N4. The Morgan fingerprint density at radius 1 is 1.22 bits per heavy atom. The molecule has 0 radical (unpaired) electrons. The monoisotopic (exact) mass is 234 g/mol. The summed E-state index contributed by atoms with van der Waals surface area (Å²) >= 11 is 0. The summed E-state index contributed by atoms with van der Waals surface area (Å²) in [5.41, 5.74) is 4.16. The number of rotatable bonds is 1. The summed E-state index contributed by atoms with van der Waals surface area (Å²) in [5, 5.41) is 13.4. The van der Waals surface area contributed by atoms with Crippen LogP contribution in [0.25, 0.3) is 16.9 Å². The zero-order valence-electron chi connectivity index (χ0n) is 9.83. The Bertz CT molecular complexity index is 765. The second-order valence-electron chi connectivity index (χ2n) is 4.10. The first-order valence-corrected chi connectivity index (χ1v) is 5.60. The van der Waals surface area contributed by atoms with Crippen molar-refractivity contribution in [1.82, 2.24) is 14.6 Å². The smallest absolute Gasteiger partial charge is 0.153 e. The van der Waals surface area contributed by atoms with Gasteiger partial charge in [0.2, 0.25) is 0 Å². The lowest BCUT2D eigenvalue weighted by Gasteiger charge is -2.01. The molecule has 2 aromatic heterocycles. The minimum Gasteiger partial charge on any atom is -0.232 e. The van der Waals surface area contributed by atoms with Crippen LogP contribution >= 0.6 is 0 Å². The molecule has 1 aromatic carbocycles. The van der Waals surface area contributed by atoms with Crippen LogP contribution in [0.4, 0.5) is 0 Å². The van der Waals surface area contributed by atoms with Crippen molar-refractivity contribution in [3.63, 3.8) is 0 Å². The van der Waals surface area contributed by atoms with Gasteiger partial charge in [0.15, 0.2) is 5.65 Å². The fourth-order valence-electron chi connectivity index (χ4n) is 1.90. The van der Waals surface area contributed by atoms with E-state index in [1.807, 2.05) is 43.5 Å². The SMILES string of the molecule is Cc1cn2nc(-c3cccc(C#N)c3)ccc2n1. The van der Waals surface area contributed by atoms with Crippen LogP contribution in [0.1, 0.15) is 11.3 Å². The number of hydrogen-bond donors (Lipinski definition) is 0. The molecule has 0 bridgehead atoms. The average molecular weight is 234 g/mol. The standard InChI is InChI=1S/C14H10N4/c1-10-9-18-14(16-10)6-5-13(17-18)12-4-2-3-11(7-12)8-15/h2-7,9H,1H3. The number of fused-ring (bicyclic) bond motifs is 1. The van der Waals surface area contributed by atoms with E-state index in [2.05, 4.69) is 16.2 Å². The topological polar surface area (TPSA) is 54.0 Å². The predicted octanol–water partition coefficient (Wildman–Crippen LogP) is 2.58. The molecule has 0 saturated carbocycles. The van der Waals surface area contributed by atoms with E-state index in [0.29, 0.717) is 5.56 Å². The maximum absolute atomic E-state index is 8.90. The number of nitriles is 1. The molecule has 0 aliphatic heterocycles. The molecule has 0 unspecified atom stereocenters. The Hall–Kier alpha value is -2.67. The second kappa shape index (κ2) is 3.97.